The minimum absolute atomic E-state index is 0.0375. The van der Waals surface area contributed by atoms with Crippen molar-refractivity contribution in [1.82, 2.24) is 9.97 Å². The molecule has 0 bridgehead atoms. The van der Waals surface area contributed by atoms with Gasteiger partial charge >= 0.3 is 5.97 Å². The maximum atomic E-state index is 12.8. The molecule has 1 amide bonds. The van der Waals surface area contributed by atoms with Crippen LogP contribution in [0.1, 0.15) is 53.8 Å². The Balaban J connectivity index is 1.71. The lowest BCUT2D eigenvalue weighted by atomic mass is 10.0. The zero-order valence-corrected chi connectivity index (χ0v) is 18.2. The molecule has 0 aliphatic heterocycles. The van der Waals surface area contributed by atoms with Crippen molar-refractivity contribution in [3.63, 3.8) is 0 Å². The molecule has 0 radical (unpaired) electrons. The number of nitrogens with zero attached hydrogens (tertiary/aromatic N) is 2. The van der Waals surface area contributed by atoms with E-state index in [-0.39, 0.29) is 11.4 Å². The summed E-state index contributed by atoms with van der Waals surface area (Å²) >= 11 is 0. The maximum absolute atomic E-state index is 12.8. The van der Waals surface area contributed by atoms with Crippen molar-refractivity contribution in [2.75, 3.05) is 18.5 Å². The van der Waals surface area contributed by atoms with Crippen molar-refractivity contribution in [2.45, 2.75) is 33.1 Å². The molecule has 0 atom stereocenters. The number of aromatic nitrogens is 2. The second kappa shape index (κ2) is 11.1. The maximum Gasteiger partial charge on any atom is 0.337 e. The first-order chi connectivity index (χ1) is 15.4. The van der Waals surface area contributed by atoms with Gasteiger partial charge in [0.15, 0.2) is 0 Å². The molecule has 2 heterocycles. The topological polar surface area (TPSA) is 111 Å². The van der Waals surface area contributed by atoms with Gasteiger partial charge in [0.05, 0.1) is 24.3 Å². The summed E-state index contributed by atoms with van der Waals surface area (Å²) in [5.74, 6) is -0.378. The van der Waals surface area contributed by atoms with Gasteiger partial charge in [-0.3, -0.25) is 4.79 Å². The number of nitrogens with one attached hydrogen (secondary N) is 1. The molecule has 0 aromatic carbocycles. The third-order valence-corrected chi connectivity index (χ3v) is 4.63. The Morgan fingerprint density at radius 1 is 1.16 bits per heavy atom. The minimum Gasteiger partial charge on any atom is -0.478 e. The van der Waals surface area contributed by atoms with Crippen LogP contribution in [-0.4, -0.2) is 40.2 Å². The summed E-state index contributed by atoms with van der Waals surface area (Å²) in [6, 6.07) is 5.91. The Bertz CT molecular complexity index is 1010. The van der Waals surface area contributed by atoms with Crippen LogP contribution >= 0.6 is 0 Å². The van der Waals surface area contributed by atoms with Gasteiger partial charge in [-0.25, -0.2) is 9.78 Å². The van der Waals surface area contributed by atoms with Gasteiger partial charge in [-0.05, 0) is 30.9 Å². The van der Waals surface area contributed by atoms with E-state index in [4.69, 9.17) is 14.6 Å². The highest BCUT2D eigenvalue weighted by Crippen LogP contribution is 2.21. The van der Waals surface area contributed by atoms with Crippen molar-refractivity contribution < 1.29 is 24.2 Å². The lowest BCUT2D eigenvalue weighted by Gasteiger charge is -2.13. The number of pyridine rings is 2. The van der Waals surface area contributed by atoms with E-state index in [9.17, 15) is 9.59 Å². The standard InChI is InChI=1S/C24H27N3O5/c1-16(2)15-32-22-13-19(23(28)26-20-9-8-18(14-25-20)24(29)30)12-21(27-22)31-11-10-17-6-4-3-5-7-17/h3-4,6,8-9,12-14,16H,5,7,10-11,15H2,1-2H3,(H,29,30)(H,25,26,28). The average Bonchev–Trinajstić information content (AvgIpc) is 2.78. The lowest BCUT2D eigenvalue weighted by molar-refractivity contribution is 0.0696. The second-order valence-corrected chi connectivity index (χ2v) is 7.82. The zero-order chi connectivity index (χ0) is 22.9. The van der Waals surface area contributed by atoms with Crippen molar-refractivity contribution >= 4 is 17.7 Å². The Hall–Kier alpha value is -3.68. The number of carboxylic acids is 1. The third kappa shape index (κ3) is 6.94. The molecule has 8 heteroatoms. The molecule has 2 N–H and O–H groups in total. The predicted octanol–water partition coefficient (Wildman–Crippen LogP) is 4.51. The van der Waals surface area contributed by atoms with Crippen molar-refractivity contribution in [3.05, 3.63) is 65.4 Å². The van der Waals surface area contributed by atoms with E-state index in [0.29, 0.717) is 36.5 Å². The van der Waals surface area contributed by atoms with Crippen LogP contribution in [0.25, 0.3) is 0 Å². The number of hydrogen-bond acceptors (Lipinski definition) is 6. The largest absolute Gasteiger partial charge is 0.478 e. The number of anilines is 1. The molecule has 3 rings (SSSR count). The van der Waals surface area contributed by atoms with Crippen molar-refractivity contribution in [1.29, 1.82) is 0 Å². The highest BCUT2D eigenvalue weighted by Gasteiger charge is 2.14. The third-order valence-electron chi connectivity index (χ3n) is 4.63. The SMILES string of the molecule is CC(C)COc1cc(C(=O)Nc2ccc(C(=O)O)cn2)cc(OCCC2=CC=CCC2)n1. The van der Waals surface area contributed by atoms with E-state index in [0.717, 1.165) is 19.3 Å². The summed E-state index contributed by atoms with van der Waals surface area (Å²) < 4.78 is 11.5. The highest BCUT2D eigenvalue weighted by atomic mass is 16.5. The number of ether oxygens (including phenoxy) is 2. The Morgan fingerprint density at radius 3 is 2.56 bits per heavy atom. The molecular formula is C24H27N3O5. The molecule has 1 aliphatic rings. The first-order valence-electron chi connectivity index (χ1n) is 10.5. The Labute approximate surface area is 187 Å². The summed E-state index contributed by atoms with van der Waals surface area (Å²) in [6.07, 6.45) is 10.3. The number of carbonyl (C=O) groups excluding carboxylic acids is 1. The highest BCUT2D eigenvalue weighted by molar-refractivity contribution is 6.04. The van der Waals surface area contributed by atoms with E-state index in [2.05, 4.69) is 33.5 Å². The molecule has 2 aromatic rings. The van der Waals surface area contributed by atoms with E-state index in [1.165, 1.54) is 23.9 Å². The molecule has 32 heavy (non-hydrogen) atoms. The fourth-order valence-electron chi connectivity index (χ4n) is 2.94. The first-order valence-corrected chi connectivity index (χ1v) is 10.5. The van der Waals surface area contributed by atoms with Crippen LogP contribution in [0, 0.1) is 5.92 Å². The van der Waals surface area contributed by atoms with Gasteiger partial charge in [-0.15, -0.1) is 0 Å². The van der Waals surface area contributed by atoms with Crippen LogP contribution in [0.4, 0.5) is 5.82 Å². The second-order valence-electron chi connectivity index (χ2n) is 7.82. The van der Waals surface area contributed by atoms with E-state index in [1.54, 1.807) is 12.1 Å². The molecule has 0 saturated heterocycles. The van der Waals surface area contributed by atoms with Crippen molar-refractivity contribution in [2.24, 2.45) is 5.92 Å². The normalized spacial score (nSPS) is 12.9. The van der Waals surface area contributed by atoms with Crippen molar-refractivity contribution in [3.8, 4) is 11.8 Å². The van der Waals surface area contributed by atoms with Gasteiger partial charge in [-0.1, -0.05) is 37.6 Å². The summed E-state index contributed by atoms with van der Waals surface area (Å²) in [7, 11) is 0. The van der Waals surface area contributed by atoms with Crippen LogP contribution < -0.4 is 14.8 Å². The number of aromatic carboxylic acids is 1. The number of carbonyl (C=O) groups is 2. The number of hydrogen-bond donors (Lipinski definition) is 2. The quantitative estimate of drug-likeness (QED) is 0.563. The summed E-state index contributed by atoms with van der Waals surface area (Å²) in [6.45, 7) is 4.94. The smallest absolute Gasteiger partial charge is 0.337 e. The Kier molecular flexibility index (Phi) is 7.96. The van der Waals surface area contributed by atoms with Gasteiger partial charge in [-0.2, -0.15) is 4.98 Å². The number of amides is 1. The van der Waals surface area contributed by atoms with Crippen LogP contribution in [0.3, 0.4) is 0 Å². The fourth-order valence-corrected chi connectivity index (χ4v) is 2.94. The van der Waals surface area contributed by atoms with Gasteiger partial charge < -0.3 is 19.9 Å². The van der Waals surface area contributed by atoms with Gasteiger partial charge in [0.1, 0.15) is 5.82 Å². The molecule has 2 aromatic heterocycles. The molecular weight excluding hydrogens is 410 g/mol. The monoisotopic (exact) mass is 437 g/mol. The van der Waals surface area contributed by atoms with Crippen LogP contribution in [-0.2, 0) is 0 Å². The van der Waals surface area contributed by atoms with E-state index < -0.39 is 11.9 Å². The fraction of sp³-hybridized carbons (Fsp3) is 0.333. The van der Waals surface area contributed by atoms with Crippen LogP contribution in [0.15, 0.2) is 54.3 Å². The number of rotatable bonds is 10. The Morgan fingerprint density at radius 2 is 1.94 bits per heavy atom. The van der Waals surface area contributed by atoms with Gasteiger partial charge in [0, 0.05) is 24.8 Å². The summed E-state index contributed by atoms with van der Waals surface area (Å²) in [4.78, 5) is 32.1. The molecule has 0 spiro atoms. The van der Waals surface area contributed by atoms with Crippen LogP contribution in [0.2, 0.25) is 0 Å². The first kappa shape index (κ1) is 23.0. The van der Waals surface area contributed by atoms with Gasteiger partial charge in [0.25, 0.3) is 5.91 Å². The molecule has 0 fully saturated rings. The van der Waals surface area contributed by atoms with E-state index in [1.807, 2.05) is 13.8 Å². The van der Waals surface area contributed by atoms with Crippen LogP contribution in [0.5, 0.6) is 11.8 Å². The average molecular weight is 437 g/mol. The molecule has 8 nitrogen and oxygen atoms in total. The molecule has 0 saturated carbocycles. The minimum atomic E-state index is -1.08. The predicted molar refractivity (Wildman–Crippen MR) is 120 cm³/mol. The molecule has 1 aliphatic carbocycles. The molecule has 168 valence electrons. The summed E-state index contributed by atoms with van der Waals surface area (Å²) in [5, 5.41) is 11.6. The lowest BCUT2D eigenvalue weighted by Crippen LogP contribution is -2.15. The number of allylic oxidation sites excluding steroid dienone is 3. The van der Waals surface area contributed by atoms with Gasteiger partial charge in [0.2, 0.25) is 11.8 Å². The van der Waals surface area contributed by atoms with E-state index >= 15 is 0 Å². The number of carboxylic acid groups (broad SMARTS) is 1. The molecule has 0 unspecified atom stereocenters. The zero-order valence-electron chi connectivity index (χ0n) is 18.2. The summed E-state index contributed by atoms with van der Waals surface area (Å²) in [5.41, 5.74) is 1.65.